The zero-order chi connectivity index (χ0) is 12.1. The first-order chi connectivity index (χ1) is 8.29. The number of ether oxygens (including phenoxy) is 2. The fourth-order valence-electron chi connectivity index (χ4n) is 1.48. The molecule has 1 aliphatic heterocycles. The van der Waals surface area contributed by atoms with Crippen LogP contribution in [-0.4, -0.2) is 41.2 Å². The van der Waals surface area contributed by atoms with Crippen LogP contribution >= 0.6 is 11.8 Å². The summed E-state index contributed by atoms with van der Waals surface area (Å²) in [7, 11) is 0. The van der Waals surface area contributed by atoms with Gasteiger partial charge in [0.15, 0.2) is 0 Å². The summed E-state index contributed by atoms with van der Waals surface area (Å²) in [6, 6.07) is 0. The Morgan fingerprint density at radius 2 is 2.47 bits per heavy atom. The number of carbonyl (C=O) groups is 1. The highest BCUT2D eigenvalue weighted by atomic mass is 32.2. The van der Waals surface area contributed by atoms with Gasteiger partial charge in [0.1, 0.15) is 0 Å². The zero-order valence-electron chi connectivity index (χ0n) is 9.55. The molecular weight excluding hydrogens is 244 g/mol. The maximum absolute atomic E-state index is 11.3. The van der Waals surface area contributed by atoms with Crippen molar-refractivity contribution in [3.05, 3.63) is 5.89 Å². The Morgan fingerprint density at radius 1 is 1.59 bits per heavy atom. The van der Waals surface area contributed by atoms with Gasteiger partial charge in [-0.1, -0.05) is 16.9 Å². The number of rotatable bonds is 5. The summed E-state index contributed by atoms with van der Waals surface area (Å²) in [4.78, 5) is 11.3. The van der Waals surface area contributed by atoms with Gasteiger partial charge in [-0.2, -0.15) is 0 Å². The molecular formula is C10H14N2O4S. The minimum absolute atomic E-state index is 0.0957. The lowest BCUT2D eigenvalue weighted by atomic mass is 10.3. The minimum atomic E-state index is -0.580. The molecule has 1 unspecified atom stereocenters. The van der Waals surface area contributed by atoms with E-state index in [0.29, 0.717) is 11.8 Å². The lowest BCUT2D eigenvalue weighted by molar-refractivity contribution is 0.0475. The van der Waals surface area contributed by atoms with Gasteiger partial charge < -0.3 is 13.9 Å². The molecule has 0 spiro atoms. The van der Waals surface area contributed by atoms with E-state index in [1.165, 1.54) is 11.8 Å². The highest BCUT2D eigenvalue weighted by molar-refractivity contribution is 7.99. The lowest BCUT2D eigenvalue weighted by Crippen LogP contribution is -2.07. The van der Waals surface area contributed by atoms with E-state index in [1.807, 2.05) is 0 Å². The monoisotopic (exact) mass is 258 g/mol. The van der Waals surface area contributed by atoms with Gasteiger partial charge in [-0.05, 0) is 19.8 Å². The number of hydrogen-bond acceptors (Lipinski definition) is 7. The average molecular weight is 258 g/mol. The average Bonchev–Trinajstić information content (AvgIpc) is 2.98. The van der Waals surface area contributed by atoms with Crippen molar-refractivity contribution >= 4 is 17.7 Å². The second-order valence-electron chi connectivity index (χ2n) is 3.54. The smallest absolute Gasteiger partial charge is 0.396 e. The SMILES string of the molecule is CCOC(=O)c1nnc(SCC2CCCO2)o1. The summed E-state index contributed by atoms with van der Waals surface area (Å²) in [5.74, 6) is 0.0930. The Bertz CT molecular complexity index is 376. The predicted molar refractivity (Wildman–Crippen MR) is 60.0 cm³/mol. The fraction of sp³-hybridized carbons (Fsp3) is 0.700. The largest absolute Gasteiger partial charge is 0.459 e. The Kier molecular flexibility index (Phi) is 4.38. The van der Waals surface area contributed by atoms with Crippen LogP contribution in [0, 0.1) is 0 Å². The molecule has 1 atom stereocenters. The van der Waals surface area contributed by atoms with Gasteiger partial charge >= 0.3 is 11.9 Å². The van der Waals surface area contributed by atoms with Crippen LogP contribution in [0.15, 0.2) is 9.64 Å². The van der Waals surface area contributed by atoms with Crippen LogP contribution < -0.4 is 0 Å². The minimum Gasteiger partial charge on any atom is -0.459 e. The number of thioether (sulfide) groups is 1. The standard InChI is InChI=1S/C10H14N2O4S/c1-2-14-9(13)8-11-12-10(16-8)17-6-7-4-3-5-15-7/h7H,2-6H2,1H3. The van der Waals surface area contributed by atoms with Gasteiger partial charge in [0.25, 0.3) is 5.22 Å². The van der Waals surface area contributed by atoms with Gasteiger partial charge in [-0.15, -0.1) is 5.10 Å². The highest BCUT2D eigenvalue weighted by Crippen LogP contribution is 2.22. The molecule has 1 fully saturated rings. The summed E-state index contributed by atoms with van der Waals surface area (Å²) >= 11 is 1.40. The van der Waals surface area contributed by atoms with Gasteiger partial charge in [0, 0.05) is 12.4 Å². The van der Waals surface area contributed by atoms with Crippen LogP contribution in [0.3, 0.4) is 0 Å². The molecule has 2 heterocycles. The van der Waals surface area contributed by atoms with Crippen LogP contribution in [0.2, 0.25) is 0 Å². The van der Waals surface area contributed by atoms with Crippen molar-refractivity contribution in [3.8, 4) is 0 Å². The first-order valence-electron chi connectivity index (χ1n) is 5.54. The second-order valence-corrected chi connectivity index (χ2v) is 4.51. The molecule has 7 heteroatoms. The molecule has 1 saturated heterocycles. The summed E-state index contributed by atoms with van der Waals surface area (Å²) < 4.78 is 15.4. The molecule has 0 amide bonds. The molecule has 0 N–H and O–H groups in total. The maximum Gasteiger partial charge on any atom is 0.396 e. The van der Waals surface area contributed by atoms with Crippen molar-refractivity contribution in [1.29, 1.82) is 0 Å². The van der Waals surface area contributed by atoms with Gasteiger partial charge in [0.2, 0.25) is 0 Å². The fourth-order valence-corrected chi connectivity index (χ4v) is 2.31. The third-order valence-corrected chi connectivity index (χ3v) is 3.22. The number of nitrogens with zero attached hydrogens (tertiary/aromatic N) is 2. The first kappa shape index (κ1) is 12.4. The van der Waals surface area contributed by atoms with Crippen molar-refractivity contribution in [2.45, 2.75) is 31.1 Å². The van der Waals surface area contributed by atoms with Crippen molar-refractivity contribution in [1.82, 2.24) is 10.2 Å². The van der Waals surface area contributed by atoms with Crippen LogP contribution in [-0.2, 0) is 9.47 Å². The quantitative estimate of drug-likeness (QED) is 0.585. The van der Waals surface area contributed by atoms with E-state index in [4.69, 9.17) is 13.9 Å². The highest BCUT2D eigenvalue weighted by Gasteiger charge is 2.19. The van der Waals surface area contributed by atoms with Crippen LogP contribution in [0.5, 0.6) is 0 Å². The lowest BCUT2D eigenvalue weighted by Gasteiger charge is -2.05. The zero-order valence-corrected chi connectivity index (χ0v) is 10.4. The number of aromatic nitrogens is 2. The molecule has 0 aliphatic carbocycles. The molecule has 1 aliphatic rings. The van der Waals surface area contributed by atoms with Crippen molar-refractivity contribution < 1.29 is 18.7 Å². The topological polar surface area (TPSA) is 74.5 Å². The molecule has 17 heavy (non-hydrogen) atoms. The maximum atomic E-state index is 11.3. The molecule has 0 bridgehead atoms. The van der Waals surface area contributed by atoms with E-state index < -0.39 is 5.97 Å². The first-order valence-corrected chi connectivity index (χ1v) is 6.53. The Hall–Kier alpha value is -1.08. The van der Waals surface area contributed by atoms with Crippen LogP contribution in [0.4, 0.5) is 0 Å². The molecule has 1 aromatic rings. The van der Waals surface area contributed by atoms with E-state index in [9.17, 15) is 4.79 Å². The van der Waals surface area contributed by atoms with Gasteiger partial charge in [-0.3, -0.25) is 0 Å². The van der Waals surface area contributed by atoms with E-state index in [2.05, 4.69) is 10.2 Å². The summed E-state index contributed by atoms with van der Waals surface area (Å²) in [6.45, 7) is 2.84. The second kappa shape index (κ2) is 6.02. The van der Waals surface area contributed by atoms with E-state index >= 15 is 0 Å². The normalized spacial score (nSPS) is 19.5. The Balaban J connectivity index is 1.83. The molecule has 6 nitrogen and oxygen atoms in total. The number of hydrogen-bond donors (Lipinski definition) is 0. The van der Waals surface area contributed by atoms with Gasteiger partial charge in [-0.25, -0.2) is 4.79 Å². The van der Waals surface area contributed by atoms with Crippen molar-refractivity contribution in [2.24, 2.45) is 0 Å². The molecule has 0 saturated carbocycles. The third kappa shape index (κ3) is 3.44. The van der Waals surface area contributed by atoms with E-state index in [0.717, 1.165) is 25.2 Å². The Morgan fingerprint density at radius 3 is 3.18 bits per heavy atom. The summed E-state index contributed by atoms with van der Waals surface area (Å²) in [5, 5.41) is 7.78. The summed E-state index contributed by atoms with van der Waals surface area (Å²) in [6.07, 6.45) is 2.41. The Labute approximate surface area is 103 Å². The summed E-state index contributed by atoms with van der Waals surface area (Å²) in [5.41, 5.74) is 0. The number of esters is 1. The van der Waals surface area contributed by atoms with E-state index in [-0.39, 0.29) is 12.0 Å². The molecule has 2 rings (SSSR count). The number of carbonyl (C=O) groups excluding carboxylic acids is 1. The van der Waals surface area contributed by atoms with E-state index in [1.54, 1.807) is 6.92 Å². The predicted octanol–water partition coefficient (Wildman–Crippen LogP) is 1.52. The van der Waals surface area contributed by atoms with Crippen LogP contribution in [0.25, 0.3) is 0 Å². The van der Waals surface area contributed by atoms with Crippen LogP contribution in [0.1, 0.15) is 30.5 Å². The molecule has 94 valence electrons. The molecule has 1 aromatic heterocycles. The third-order valence-electron chi connectivity index (χ3n) is 2.27. The van der Waals surface area contributed by atoms with Crippen molar-refractivity contribution in [3.63, 3.8) is 0 Å². The molecule has 0 aromatic carbocycles. The van der Waals surface area contributed by atoms with Crippen molar-refractivity contribution in [2.75, 3.05) is 19.0 Å². The molecule has 0 radical (unpaired) electrons. The van der Waals surface area contributed by atoms with Gasteiger partial charge in [0.05, 0.1) is 12.7 Å².